The van der Waals surface area contributed by atoms with E-state index in [1.54, 1.807) is 6.20 Å². The van der Waals surface area contributed by atoms with E-state index in [0.29, 0.717) is 6.04 Å². The summed E-state index contributed by atoms with van der Waals surface area (Å²) < 4.78 is 0. The highest BCUT2D eigenvalue weighted by Crippen LogP contribution is 2.22. The summed E-state index contributed by atoms with van der Waals surface area (Å²) in [5, 5.41) is 11.8. The molecule has 1 atom stereocenters. The van der Waals surface area contributed by atoms with E-state index >= 15 is 0 Å². The highest BCUT2D eigenvalue weighted by molar-refractivity contribution is 5.54. The molecule has 26 heavy (non-hydrogen) atoms. The van der Waals surface area contributed by atoms with Gasteiger partial charge in [-0.3, -0.25) is 0 Å². The lowest BCUT2D eigenvalue weighted by Crippen LogP contribution is -2.38. The van der Waals surface area contributed by atoms with Crippen molar-refractivity contribution in [3.8, 4) is 11.4 Å². The third kappa shape index (κ3) is 3.86. The van der Waals surface area contributed by atoms with Crippen LogP contribution in [0.5, 0.6) is 0 Å². The van der Waals surface area contributed by atoms with Gasteiger partial charge in [-0.15, -0.1) is 5.10 Å². The van der Waals surface area contributed by atoms with Gasteiger partial charge in [-0.25, -0.2) is 9.97 Å². The number of nitrogens with one attached hydrogen (secondary N) is 1. The second-order valence-corrected chi connectivity index (χ2v) is 6.44. The average molecular weight is 346 g/mol. The highest BCUT2D eigenvalue weighted by atomic mass is 15.3. The Kier molecular flexibility index (Phi) is 5.12. The second-order valence-electron chi connectivity index (χ2n) is 6.44. The molecule has 3 aromatic rings. The lowest BCUT2D eigenvalue weighted by Gasteiger charge is -2.25. The van der Waals surface area contributed by atoms with Crippen LogP contribution in [0, 0.1) is 0 Å². The molecule has 0 radical (unpaired) electrons. The van der Waals surface area contributed by atoms with Crippen molar-refractivity contribution < 1.29 is 0 Å². The Morgan fingerprint density at radius 3 is 2.81 bits per heavy atom. The zero-order valence-electron chi connectivity index (χ0n) is 14.6. The monoisotopic (exact) mass is 346 g/mol. The molecule has 1 aliphatic heterocycles. The number of aromatic nitrogens is 4. The van der Waals surface area contributed by atoms with E-state index in [9.17, 15) is 0 Å². The molecule has 3 heterocycles. The molecule has 1 fully saturated rings. The first-order valence-corrected chi connectivity index (χ1v) is 9.02. The van der Waals surface area contributed by atoms with Crippen molar-refractivity contribution >= 4 is 5.82 Å². The van der Waals surface area contributed by atoms with Gasteiger partial charge in [-0.1, -0.05) is 30.3 Å². The molecule has 1 aliphatic rings. The molecule has 4 rings (SSSR count). The fourth-order valence-corrected chi connectivity index (χ4v) is 3.38. The average Bonchev–Trinajstić information content (AvgIpc) is 3.18. The van der Waals surface area contributed by atoms with Crippen LogP contribution < -0.4 is 10.2 Å². The van der Waals surface area contributed by atoms with Crippen LogP contribution in [0.1, 0.15) is 18.5 Å². The Morgan fingerprint density at radius 2 is 1.96 bits per heavy atom. The summed E-state index contributed by atoms with van der Waals surface area (Å²) in [5.41, 5.74) is 2.04. The Hall–Kier alpha value is -2.86. The molecule has 1 aromatic carbocycles. The molecule has 1 saturated heterocycles. The van der Waals surface area contributed by atoms with E-state index < -0.39 is 0 Å². The first kappa shape index (κ1) is 16.6. The first-order valence-electron chi connectivity index (χ1n) is 9.02. The topological polar surface area (TPSA) is 66.8 Å². The van der Waals surface area contributed by atoms with Gasteiger partial charge in [0.05, 0.1) is 5.69 Å². The SMILES string of the molecule is c1ccc(-c2nccc(CNC[C@@H]3CCCN3c3cccnn3)n2)cc1. The molecule has 2 aromatic heterocycles. The van der Waals surface area contributed by atoms with Gasteiger partial charge in [0.15, 0.2) is 11.6 Å². The van der Waals surface area contributed by atoms with Crippen molar-refractivity contribution in [3.05, 3.63) is 66.6 Å². The lowest BCUT2D eigenvalue weighted by molar-refractivity contribution is 0.565. The summed E-state index contributed by atoms with van der Waals surface area (Å²) in [5.74, 6) is 1.73. The molecule has 6 nitrogen and oxygen atoms in total. The van der Waals surface area contributed by atoms with Crippen LogP contribution >= 0.6 is 0 Å². The Morgan fingerprint density at radius 1 is 1.04 bits per heavy atom. The summed E-state index contributed by atoms with van der Waals surface area (Å²) in [7, 11) is 0. The molecular weight excluding hydrogens is 324 g/mol. The summed E-state index contributed by atoms with van der Waals surface area (Å²) in [4.78, 5) is 11.4. The quantitative estimate of drug-likeness (QED) is 0.740. The van der Waals surface area contributed by atoms with Crippen LogP contribution in [-0.4, -0.2) is 39.3 Å². The molecule has 0 bridgehead atoms. The molecule has 1 N–H and O–H groups in total. The number of anilines is 1. The maximum atomic E-state index is 4.67. The third-order valence-electron chi connectivity index (χ3n) is 4.66. The Bertz CT molecular complexity index is 824. The lowest BCUT2D eigenvalue weighted by atomic mass is 10.2. The van der Waals surface area contributed by atoms with Crippen LogP contribution in [0.2, 0.25) is 0 Å². The highest BCUT2D eigenvalue weighted by Gasteiger charge is 2.25. The molecule has 132 valence electrons. The molecule has 0 amide bonds. The molecule has 0 spiro atoms. The van der Waals surface area contributed by atoms with Gasteiger partial charge in [-0.2, -0.15) is 5.10 Å². The predicted octanol–water partition coefficient (Wildman–Crippen LogP) is 2.69. The minimum absolute atomic E-state index is 0.446. The fourth-order valence-electron chi connectivity index (χ4n) is 3.38. The van der Waals surface area contributed by atoms with Crippen molar-refractivity contribution in [2.45, 2.75) is 25.4 Å². The van der Waals surface area contributed by atoms with E-state index in [-0.39, 0.29) is 0 Å². The summed E-state index contributed by atoms with van der Waals surface area (Å²) in [6, 6.07) is 16.5. The molecule has 0 aliphatic carbocycles. The zero-order valence-corrected chi connectivity index (χ0v) is 14.6. The van der Waals surface area contributed by atoms with E-state index in [0.717, 1.165) is 42.5 Å². The molecule has 0 saturated carbocycles. The van der Waals surface area contributed by atoms with Crippen LogP contribution in [0.25, 0.3) is 11.4 Å². The van der Waals surface area contributed by atoms with Crippen molar-refractivity contribution in [2.75, 3.05) is 18.0 Å². The largest absolute Gasteiger partial charge is 0.351 e. The first-order chi connectivity index (χ1) is 12.9. The summed E-state index contributed by atoms with van der Waals surface area (Å²) in [6.07, 6.45) is 5.90. The summed E-state index contributed by atoms with van der Waals surface area (Å²) in [6.45, 7) is 2.67. The Labute approximate surface area is 153 Å². The van der Waals surface area contributed by atoms with Crippen LogP contribution in [0.15, 0.2) is 60.9 Å². The minimum atomic E-state index is 0.446. The minimum Gasteiger partial charge on any atom is -0.351 e. The standard InChI is InChI=1S/C20H22N6/c1-2-6-16(7-3-1)20-22-12-10-17(24-20)14-21-15-18-8-5-13-26(18)19-9-4-11-23-25-19/h1-4,6-7,9-12,18,21H,5,8,13-15H2/t18-/m0/s1. The van der Waals surface area contributed by atoms with Crippen LogP contribution in [0.4, 0.5) is 5.82 Å². The van der Waals surface area contributed by atoms with Crippen LogP contribution in [-0.2, 0) is 6.54 Å². The van der Waals surface area contributed by atoms with Gasteiger partial charge in [0.2, 0.25) is 0 Å². The van der Waals surface area contributed by atoms with Crippen LogP contribution in [0.3, 0.4) is 0 Å². The van der Waals surface area contributed by atoms with Gasteiger partial charge in [0.25, 0.3) is 0 Å². The van der Waals surface area contributed by atoms with E-state index in [1.165, 1.54) is 12.8 Å². The van der Waals surface area contributed by atoms with E-state index in [2.05, 4.69) is 30.4 Å². The summed E-state index contributed by atoms with van der Waals surface area (Å²) >= 11 is 0. The van der Waals surface area contributed by atoms with E-state index in [4.69, 9.17) is 0 Å². The number of rotatable bonds is 6. The van der Waals surface area contributed by atoms with Gasteiger partial charge < -0.3 is 10.2 Å². The molecule has 0 unspecified atom stereocenters. The maximum Gasteiger partial charge on any atom is 0.159 e. The van der Waals surface area contributed by atoms with Crippen molar-refractivity contribution in [3.63, 3.8) is 0 Å². The molecular formula is C20H22N6. The number of hydrogen-bond acceptors (Lipinski definition) is 6. The normalized spacial score (nSPS) is 16.8. The Balaban J connectivity index is 1.36. The van der Waals surface area contributed by atoms with Gasteiger partial charge in [0, 0.05) is 43.6 Å². The van der Waals surface area contributed by atoms with Crippen molar-refractivity contribution in [1.82, 2.24) is 25.5 Å². The van der Waals surface area contributed by atoms with Gasteiger partial charge in [-0.05, 0) is 31.0 Å². The fraction of sp³-hybridized carbons (Fsp3) is 0.300. The third-order valence-corrected chi connectivity index (χ3v) is 4.66. The number of hydrogen-bond donors (Lipinski definition) is 1. The van der Waals surface area contributed by atoms with E-state index in [1.807, 2.05) is 54.7 Å². The van der Waals surface area contributed by atoms with Crippen molar-refractivity contribution in [1.29, 1.82) is 0 Å². The number of benzene rings is 1. The molecule has 6 heteroatoms. The zero-order chi connectivity index (χ0) is 17.6. The smallest absolute Gasteiger partial charge is 0.159 e. The van der Waals surface area contributed by atoms with Crippen molar-refractivity contribution in [2.24, 2.45) is 0 Å². The predicted molar refractivity (Wildman–Crippen MR) is 102 cm³/mol. The maximum absolute atomic E-state index is 4.67. The van der Waals surface area contributed by atoms with Gasteiger partial charge in [0.1, 0.15) is 0 Å². The number of nitrogens with zero attached hydrogens (tertiary/aromatic N) is 5. The second kappa shape index (κ2) is 8.01. The van der Waals surface area contributed by atoms with Gasteiger partial charge >= 0.3 is 0 Å².